The molecule has 0 bridgehead atoms. The highest BCUT2D eigenvalue weighted by Crippen LogP contribution is 2.18. The normalized spacial score (nSPS) is 10.2. The number of Topliss-reactive ketones (excluding diaryl/α,β-unsaturated/α-hetero) is 1. The van der Waals surface area contributed by atoms with Gasteiger partial charge in [-0.05, 0) is 49.7 Å². The molecule has 0 amide bonds. The van der Waals surface area contributed by atoms with E-state index in [0.29, 0.717) is 24.4 Å². The molecule has 0 aliphatic carbocycles. The minimum Gasteiger partial charge on any atom is -0.492 e. The third kappa shape index (κ3) is 4.24. The topological polar surface area (TPSA) is 64.3 Å². The van der Waals surface area contributed by atoms with Gasteiger partial charge in [-0.2, -0.15) is 0 Å². The molecule has 21 heavy (non-hydrogen) atoms. The van der Waals surface area contributed by atoms with Crippen molar-refractivity contribution in [3.05, 3.63) is 53.6 Å². The second-order valence-electron chi connectivity index (χ2n) is 4.95. The van der Waals surface area contributed by atoms with Crippen LogP contribution in [0.4, 0.5) is 11.4 Å². The number of ether oxygens (including phenoxy) is 1. The average molecular weight is 284 g/mol. The molecular formula is C17H20N2O2. The number of benzene rings is 2. The maximum absolute atomic E-state index is 11.4. The second-order valence-corrected chi connectivity index (χ2v) is 4.95. The van der Waals surface area contributed by atoms with E-state index >= 15 is 0 Å². The van der Waals surface area contributed by atoms with Gasteiger partial charge in [0.2, 0.25) is 0 Å². The predicted octanol–water partition coefficient (Wildman–Crippen LogP) is 3.27. The molecule has 2 rings (SSSR count). The van der Waals surface area contributed by atoms with E-state index in [1.165, 1.54) is 12.5 Å². The van der Waals surface area contributed by atoms with Gasteiger partial charge >= 0.3 is 0 Å². The summed E-state index contributed by atoms with van der Waals surface area (Å²) < 4.78 is 5.66. The standard InChI is InChI=1S/C17H20N2O2/c1-12-4-3-5-15(10-12)21-9-8-19-14-6-7-17(18)16(11-14)13(2)20/h3-7,10-11,19H,8-9,18H2,1-2H3. The number of carbonyl (C=O) groups is 1. The van der Waals surface area contributed by atoms with Crippen molar-refractivity contribution < 1.29 is 9.53 Å². The summed E-state index contributed by atoms with van der Waals surface area (Å²) >= 11 is 0. The van der Waals surface area contributed by atoms with Crippen LogP contribution in [0.3, 0.4) is 0 Å². The van der Waals surface area contributed by atoms with Crippen molar-refractivity contribution in [3.63, 3.8) is 0 Å². The van der Waals surface area contributed by atoms with E-state index < -0.39 is 0 Å². The Morgan fingerprint density at radius 2 is 2.05 bits per heavy atom. The Bertz CT molecular complexity index is 638. The van der Waals surface area contributed by atoms with Gasteiger partial charge in [0.1, 0.15) is 12.4 Å². The fourth-order valence-corrected chi connectivity index (χ4v) is 2.04. The molecule has 3 N–H and O–H groups in total. The largest absolute Gasteiger partial charge is 0.492 e. The van der Waals surface area contributed by atoms with E-state index in [9.17, 15) is 4.79 Å². The van der Waals surface area contributed by atoms with Gasteiger partial charge < -0.3 is 15.8 Å². The van der Waals surface area contributed by atoms with Crippen LogP contribution >= 0.6 is 0 Å². The van der Waals surface area contributed by atoms with E-state index in [-0.39, 0.29) is 5.78 Å². The summed E-state index contributed by atoms with van der Waals surface area (Å²) in [4.78, 5) is 11.4. The van der Waals surface area contributed by atoms with Gasteiger partial charge in [0.15, 0.2) is 5.78 Å². The molecule has 0 fully saturated rings. The van der Waals surface area contributed by atoms with Gasteiger partial charge in [0.25, 0.3) is 0 Å². The maximum Gasteiger partial charge on any atom is 0.161 e. The first-order valence-corrected chi connectivity index (χ1v) is 6.90. The van der Waals surface area contributed by atoms with Crippen molar-refractivity contribution in [1.82, 2.24) is 0 Å². The Balaban J connectivity index is 1.86. The molecule has 0 saturated heterocycles. The number of carbonyl (C=O) groups excluding carboxylic acids is 1. The molecule has 0 radical (unpaired) electrons. The number of anilines is 2. The van der Waals surface area contributed by atoms with Crippen molar-refractivity contribution in [3.8, 4) is 5.75 Å². The van der Waals surface area contributed by atoms with Gasteiger partial charge in [-0.25, -0.2) is 0 Å². The van der Waals surface area contributed by atoms with Gasteiger partial charge in [-0.1, -0.05) is 12.1 Å². The van der Waals surface area contributed by atoms with E-state index in [2.05, 4.69) is 5.32 Å². The quantitative estimate of drug-likeness (QED) is 0.485. The van der Waals surface area contributed by atoms with Crippen LogP contribution in [0.5, 0.6) is 5.75 Å². The average Bonchev–Trinajstić information content (AvgIpc) is 2.45. The van der Waals surface area contributed by atoms with Gasteiger partial charge in [-0.15, -0.1) is 0 Å². The Hall–Kier alpha value is -2.49. The molecule has 0 aromatic heterocycles. The lowest BCUT2D eigenvalue weighted by atomic mass is 10.1. The van der Waals surface area contributed by atoms with Crippen LogP contribution in [-0.2, 0) is 0 Å². The summed E-state index contributed by atoms with van der Waals surface area (Å²) in [5.41, 5.74) is 8.84. The molecule has 4 heteroatoms. The SMILES string of the molecule is CC(=O)c1cc(NCCOc2cccc(C)c2)ccc1N. The molecule has 0 heterocycles. The molecular weight excluding hydrogens is 264 g/mol. The Morgan fingerprint density at radius 1 is 1.24 bits per heavy atom. The summed E-state index contributed by atoms with van der Waals surface area (Å²) in [6.07, 6.45) is 0. The molecule has 2 aromatic rings. The third-order valence-corrected chi connectivity index (χ3v) is 3.12. The number of hydrogen-bond donors (Lipinski definition) is 2. The predicted molar refractivity (Wildman–Crippen MR) is 86.0 cm³/mol. The number of nitrogen functional groups attached to an aromatic ring is 1. The fraction of sp³-hybridized carbons (Fsp3) is 0.235. The van der Waals surface area contributed by atoms with Crippen LogP contribution in [0.1, 0.15) is 22.8 Å². The van der Waals surface area contributed by atoms with Crippen LogP contribution in [0.25, 0.3) is 0 Å². The van der Waals surface area contributed by atoms with Crippen molar-refractivity contribution in [2.75, 3.05) is 24.2 Å². The lowest BCUT2D eigenvalue weighted by Gasteiger charge is -2.10. The zero-order chi connectivity index (χ0) is 15.2. The number of nitrogens with one attached hydrogen (secondary N) is 1. The van der Waals surface area contributed by atoms with Crippen molar-refractivity contribution in [2.24, 2.45) is 0 Å². The summed E-state index contributed by atoms with van der Waals surface area (Å²) in [5, 5.41) is 3.22. The third-order valence-electron chi connectivity index (χ3n) is 3.12. The minimum atomic E-state index is -0.0350. The summed E-state index contributed by atoms with van der Waals surface area (Å²) in [7, 11) is 0. The summed E-state index contributed by atoms with van der Waals surface area (Å²) in [6, 6.07) is 13.3. The smallest absolute Gasteiger partial charge is 0.161 e. The van der Waals surface area contributed by atoms with Crippen molar-refractivity contribution in [2.45, 2.75) is 13.8 Å². The zero-order valence-electron chi connectivity index (χ0n) is 12.3. The fourth-order valence-electron chi connectivity index (χ4n) is 2.04. The highest BCUT2D eigenvalue weighted by Gasteiger charge is 2.05. The summed E-state index contributed by atoms with van der Waals surface area (Å²) in [6.45, 7) is 4.73. The Kier molecular flexibility index (Phi) is 4.82. The second kappa shape index (κ2) is 6.79. The molecule has 0 unspecified atom stereocenters. The molecule has 0 saturated carbocycles. The lowest BCUT2D eigenvalue weighted by Crippen LogP contribution is -2.12. The van der Waals surface area contributed by atoms with E-state index in [0.717, 1.165) is 11.4 Å². The van der Waals surface area contributed by atoms with Gasteiger partial charge in [0.05, 0.1) is 0 Å². The van der Waals surface area contributed by atoms with Crippen LogP contribution < -0.4 is 15.8 Å². The molecule has 0 atom stereocenters. The van der Waals surface area contributed by atoms with Crippen LogP contribution in [0.15, 0.2) is 42.5 Å². The van der Waals surface area contributed by atoms with Gasteiger partial charge in [-0.3, -0.25) is 4.79 Å². The monoisotopic (exact) mass is 284 g/mol. The zero-order valence-corrected chi connectivity index (χ0v) is 12.3. The summed E-state index contributed by atoms with van der Waals surface area (Å²) in [5.74, 6) is 0.825. The number of aryl methyl sites for hydroxylation is 1. The van der Waals surface area contributed by atoms with E-state index in [4.69, 9.17) is 10.5 Å². The first-order chi connectivity index (χ1) is 10.1. The molecule has 0 spiro atoms. The highest BCUT2D eigenvalue weighted by atomic mass is 16.5. The number of nitrogens with two attached hydrogens (primary N) is 1. The van der Waals surface area contributed by atoms with Crippen molar-refractivity contribution >= 4 is 17.2 Å². The first kappa shape index (κ1) is 14.9. The van der Waals surface area contributed by atoms with Gasteiger partial charge in [0, 0.05) is 23.5 Å². The first-order valence-electron chi connectivity index (χ1n) is 6.90. The maximum atomic E-state index is 11.4. The number of ketones is 1. The highest BCUT2D eigenvalue weighted by molar-refractivity contribution is 5.99. The molecule has 0 aliphatic rings. The molecule has 4 nitrogen and oxygen atoms in total. The lowest BCUT2D eigenvalue weighted by molar-refractivity contribution is 0.101. The Morgan fingerprint density at radius 3 is 2.76 bits per heavy atom. The number of hydrogen-bond acceptors (Lipinski definition) is 4. The van der Waals surface area contributed by atoms with Crippen LogP contribution in [0, 0.1) is 6.92 Å². The van der Waals surface area contributed by atoms with E-state index in [1.54, 1.807) is 12.1 Å². The Labute approximate surface area is 124 Å². The minimum absolute atomic E-state index is 0.0350. The van der Waals surface area contributed by atoms with Crippen LogP contribution in [-0.4, -0.2) is 18.9 Å². The molecule has 0 aliphatic heterocycles. The molecule has 110 valence electrons. The number of rotatable bonds is 6. The molecule has 2 aromatic carbocycles. The van der Waals surface area contributed by atoms with E-state index in [1.807, 2.05) is 37.3 Å². The van der Waals surface area contributed by atoms with Crippen LogP contribution in [0.2, 0.25) is 0 Å². The van der Waals surface area contributed by atoms with Crippen molar-refractivity contribution in [1.29, 1.82) is 0 Å².